The molecule has 1 aliphatic rings. The Bertz CT molecular complexity index is 1040. The van der Waals surface area contributed by atoms with E-state index < -0.39 is 0 Å². The molecule has 2 aromatic carbocycles. The first-order valence-corrected chi connectivity index (χ1v) is 8.42. The van der Waals surface area contributed by atoms with E-state index in [1.54, 1.807) is 18.9 Å². The largest absolute Gasteiger partial charge is 0.493 e. The van der Waals surface area contributed by atoms with Crippen molar-refractivity contribution in [1.82, 2.24) is 14.8 Å². The monoisotopic (exact) mass is 362 g/mol. The van der Waals surface area contributed by atoms with Gasteiger partial charge in [-0.15, -0.1) is 0 Å². The molecule has 3 aromatic rings. The highest BCUT2D eigenvalue weighted by Crippen LogP contribution is 2.30. The van der Waals surface area contributed by atoms with Gasteiger partial charge < -0.3 is 14.8 Å². The topological polar surface area (TPSA) is 78.3 Å². The highest BCUT2D eigenvalue weighted by Gasteiger charge is 2.21. The van der Waals surface area contributed by atoms with Gasteiger partial charge in [0.15, 0.2) is 23.1 Å². The molecule has 7 heteroatoms. The van der Waals surface area contributed by atoms with Gasteiger partial charge in [0.1, 0.15) is 6.54 Å². The predicted molar refractivity (Wildman–Crippen MR) is 103 cm³/mol. The summed E-state index contributed by atoms with van der Waals surface area (Å²) in [4.78, 5) is 16.7. The lowest BCUT2D eigenvalue weighted by molar-refractivity contribution is -0.116. The van der Waals surface area contributed by atoms with Crippen LogP contribution < -0.4 is 14.8 Å². The van der Waals surface area contributed by atoms with E-state index in [2.05, 4.69) is 15.4 Å². The van der Waals surface area contributed by atoms with Gasteiger partial charge in [-0.05, 0) is 35.9 Å². The average molecular weight is 362 g/mol. The SMILES string of the molecule is COc1ccc(C=Cc2nc3n(n2)CC(=O)Nc2ccccc2-3)cc1OC. The fourth-order valence-electron chi connectivity index (χ4n) is 2.98. The van der Waals surface area contributed by atoms with Crippen molar-refractivity contribution in [1.29, 1.82) is 0 Å². The maximum atomic E-state index is 12.1. The third kappa shape index (κ3) is 3.27. The fraction of sp³-hybridized carbons (Fsp3) is 0.150. The van der Waals surface area contributed by atoms with E-state index in [0.29, 0.717) is 23.1 Å². The van der Waals surface area contributed by atoms with Gasteiger partial charge in [-0.3, -0.25) is 4.79 Å². The molecular weight excluding hydrogens is 344 g/mol. The van der Waals surface area contributed by atoms with Gasteiger partial charge in [0, 0.05) is 5.56 Å². The van der Waals surface area contributed by atoms with Crippen LogP contribution in [0.15, 0.2) is 42.5 Å². The number of anilines is 1. The number of fused-ring (bicyclic) bond motifs is 3. The molecule has 0 aliphatic carbocycles. The molecule has 4 rings (SSSR count). The minimum Gasteiger partial charge on any atom is -0.493 e. The van der Waals surface area contributed by atoms with Gasteiger partial charge in [-0.25, -0.2) is 9.67 Å². The highest BCUT2D eigenvalue weighted by molar-refractivity contribution is 5.96. The zero-order valence-corrected chi connectivity index (χ0v) is 15.0. The van der Waals surface area contributed by atoms with Crippen LogP contribution in [0.2, 0.25) is 0 Å². The number of hydrogen-bond donors (Lipinski definition) is 1. The summed E-state index contributed by atoms with van der Waals surface area (Å²) in [5.41, 5.74) is 2.52. The number of hydrogen-bond acceptors (Lipinski definition) is 5. The van der Waals surface area contributed by atoms with Crippen LogP contribution in [-0.4, -0.2) is 34.9 Å². The first kappa shape index (κ1) is 16.8. The Labute approximate surface area is 156 Å². The maximum Gasteiger partial charge on any atom is 0.246 e. The molecule has 1 aliphatic heterocycles. The molecule has 0 fully saturated rings. The predicted octanol–water partition coefficient (Wildman–Crippen LogP) is 3.08. The van der Waals surface area contributed by atoms with Gasteiger partial charge in [0.25, 0.3) is 0 Å². The van der Waals surface area contributed by atoms with Crippen molar-refractivity contribution in [2.75, 3.05) is 19.5 Å². The molecule has 1 amide bonds. The van der Waals surface area contributed by atoms with Crippen LogP contribution in [0.25, 0.3) is 23.5 Å². The number of amides is 1. The van der Waals surface area contributed by atoms with Crippen LogP contribution in [0.4, 0.5) is 5.69 Å². The lowest BCUT2D eigenvalue weighted by Gasteiger charge is -2.07. The van der Waals surface area contributed by atoms with E-state index in [9.17, 15) is 4.79 Å². The summed E-state index contributed by atoms with van der Waals surface area (Å²) in [6, 6.07) is 13.2. The van der Waals surface area contributed by atoms with Gasteiger partial charge in [-0.1, -0.05) is 24.3 Å². The number of nitrogens with zero attached hydrogens (tertiary/aromatic N) is 3. The van der Waals surface area contributed by atoms with Crippen molar-refractivity contribution in [3.8, 4) is 22.9 Å². The smallest absolute Gasteiger partial charge is 0.246 e. The molecule has 27 heavy (non-hydrogen) atoms. The van der Waals surface area contributed by atoms with Gasteiger partial charge in [0.05, 0.1) is 19.9 Å². The number of ether oxygens (including phenoxy) is 2. The standard InChI is InChI=1S/C20H18N4O3/c1-26-16-9-7-13(11-17(16)27-2)8-10-18-22-20-14-5-3-4-6-15(14)21-19(25)12-24(20)23-18/h3-11H,12H2,1-2H3,(H,21,25). The molecule has 0 atom stereocenters. The summed E-state index contributed by atoms with van der Waals surface area (Å²) in [6.07, 6.45) is 3.70. The Morgan fingerprint density at radius 1 is 1.07 bits per heavy atom. The Morgan fingerprint density at radius 3 is 2.70 bits per heavy atom. The minimum absolute atomic E-state index is 0.124. The van der Waals surface area contributed by atoms with Crippen molar-refractivity contribution in [2.24, 2.45) is 0 Å². The van der Waals surface area contributed by atoms with Crippen LogP contribution >= 0.6 is 0 Å². The molecule has 0 radical (unpaired) electrons. The van der Waals surface area contributed by atoms with E-state index >= 15 is 0 Å². The molecule has 2 heterocycles. The molecule has 1 aromatic heterocycles. The van der Waals surface area contributed by atoms with Crippen molar-refractivity contribution in [3.63, 3.8) is 0 Å². The second-order valence-electron chi connectivity index (χ2n) is 5.99. The summed E-state index contributed by atoms with van der Waals surface area (Å²) in [5, 5.41) is 7.33. The molecule has 0 saturated carbocycles. The Morgan fingerprint density at radius 2 is 1.89 bits per heavy atom. The zero-order chi connectivity index (χ0) is 18.8. The van der Waals surface area contributed by atoms with Crippen LogP contribution in [-0.2, 0) is 11.3 Å². The van der Waals surface area contributed by atoms with E-state index in [-0.39, 0.29) is 12.5 Å². The molecule has 136 valence electrons. The number of benzene rings is 2. The van der Waals surface area contributed by atoms with Gasteiger partial charge >= 0.3 is 0 Å². The molecule has 1 N–H and O–H groups in total. The number of para-hydroxylation sites is 1. The summed E-state index contributed by atoms with van der Waals surface area (Å²) >= 11 is 0. The maximum absolute atomic E-state index is 12.1. The third-order valence-corrected chi connectivity index (χ3v) is 4.26. The number of carbonyl (C=O) groups is 1. The Balaban J connectivity index is 1.67. The van der Waals surface area contributed by atoms with Crippen LogP contribution in [0.5, 0.6) is 11.5 Å². The third-order valence-electron chi connectivity index (χ3n) is 4.26. The Hall–Kier alpha value is -3.61. The molecule has 0 unspecified atom stereocenters. The summed E-state index contributed by atoms with van der Waals surface area (Å²) in [6.45, 7) is 0.126. The number of methoxy groups -OCH3 is 2. The number of rotatable bonds is 4. The molecule has 0 bridgehead atoms. The number of nitrogens with one attached hydrogen (secondary N) is 1. The summed E-state index contributed by atoms with van der Waals surface area (Å²) < 4.78 is 12.2. The lowest BCUT2D eigenvalue weighted by Crippen LogP contribution is -2.17. The second-order valence-corrected chi connectivity index (χ2v) is 5.99. The normalized spacial score (nSPS) is 12.9. The van der Waals surface area contributed by atoms with Crippen LogP contribution in [0.1, 0.15) is 11.4 Å². The van der Waals surface area contributed by atoms with E-state index in [0.717, 1.165) is 16.8 Å². The highest BCUT2D eigenvalue weighted by atomic mass is 16.5. The quantitative estimate of drug-likeness (QED) is 0.772. The second kappa shape index (κ2) is 6.95. The average Bonchev–Trinajstić information content (AvgIpc) is 3.03. The number of carbonyl (C=O) groups excluding carboxylic acids is 1. The minimum atomic E-state index is -0.124. The van der Waals surface area contributed by atoms with Crippen molar-refractivity contribution in [2.45, 2.75) is 6.54 Å². The van der Waals surface area contributed by atoms with Crippen molar-refractivity contribution in [3.05, 3.63) is 53.9 Å². The van der Waals surface area contributed by atoms with E-state index in [1.165, 1.54) is 0 Å². The van der Waals surface area contributed by atoms with E-state index in [4.69, 9.17) is 9.47 Å². The van der Waals surface area contributed by atoms with Gasteiger partial charge in [-0.2, -0.15) is 5.10 Å². The Kier molecular flexibility index (Phi) is 4.33. The zero-order valence-electron chi connectivity index (χ0n) is 15.0. The first-order valence-electron chi connectivity index (χ1n) is 8.42. The van der Waals surface area contributed by atoms with Crippen LogP contribution in [0, 0.1) is 0 Å². The van der Waals surface area contributed by atoms with Crippen LogP contribution in [0.3, 0.4) is 0 Å². The van der Waals surface area contributed by atoms with Gasteiger partial charge in [0.2, 0.25) is 5.91 Å². The summed E-state index contributed by atoms with van der Waals surface area (Å²) in [7, 11) is 3.20. The summed E-state index contributed by atoms with van der Waals surface area (Å²) in [5.74, 6) is 2.39. The number of aromatic nitrogens is 3. The van der Waals surface area contributed by atoms with Crippen molar-refractivity contribution < 1.29 is 14.3 Å². The molecular formula is C20H18N4O3. The molecule has 0 spiro atoms. The lowest BCUT2D eigenvalue weighted by atomic mass is 10.1. The first-order chi connectivity index (χ1) is 13.2. The molecule has 7 nitrogen and oxygen atoms in total. The van der Waals surface area contributed by atoms with E-state index in [1.807, 2.05) is 54.6 Å². The molecule has 0 saturated heterocycles. The fourth-order valence-corrected chi connectivity index (χ4v) is 2.98. The van der Waals surface area contributed by atoms with Crippen molar-refractivity contribution >= 4 is 23.7 Å².